The van der Waals surface area contributed by atoms with Crippen molar-refractivity contribution in [1.82, 2.24) is 4.98 Å². The molecule has 3 nitrogen and oxygen atoms in total. The minimum absolute atomic E-state index is 0.0731. The van der Waals surface area contributed by atoms with E-state index in [1.165, 1.54) is 0 Å². The lowest BCUT2D eigenvalue weighted by atomic mass is 10.1. The zero-order valence-electron chi connectivity index (χ0n) is 9.67. The van der Waals surface area contributed by atoms with Gasteiger partial charge >= 0.3 is 0 Å². The summed E-state index contributed by atoms with van der Waals surface area (Å²) in [6.45, 7) is 3.48. The number of nitrogen functional groups attached to an aromatic ring is 1. The third-order valence-electron chi connectivity index (χ3n) is 2.71. The molecule has 0 aliphatic carbocycles. The molecule has 0 bridgehead atoms. The molecule has 1 heterocycles. The van der Waals surface area contributed by atoms with Crippen LogP contribution < -0.4 is 5.73 Å². The van der Waals surface area contributed by atoms with Gasteiger partial charge in [0.05, 0.1) is 11.3 Å². The van der Waals surface area contributed by atoms with Gasteiger partial charge < -0.3 is 10.7 Å². The van der Waals surface area contributed by atoms with Crippen LogP contribution in [0.1, 0.15) is 23.0 Å². The number of halogens is 1. The van der Waals surface area contributed by atoms with Crippen molar-refractivity contribution in [3.05, 3.63) is 39.1 Å². The number of ketones is 1. The Bertz CT molecular complexity index is 587. The third kappa shape index (κ3) is 2.09. The number of carbonyl (C=O) groups is 1. The molecule has 17 heavy (non-hydrogen) atoms. The minimum atomic E-state index is 0.0731. The van der Waals surface area contributed by atoms with E-state index >= 15 is 0 Å². The Morgan fingerprint density at radius 1 is 1.35 bits per heavy atom. The number of benzene rings is 1. The highest BCUT2D eigenvalue weighted by Crippen LogP contribution is 2.32. The highest BCUT2D eigenvalue weighted by atomic mass is 127. The fourth-order valence-electron chi connectivity index (χ4n) is 1.92. The molecule has 0 amide bonds. The number of nitrogens with one attached hydrogen (secondary N) is 1. The lowest BCUT2D eigenvalue weighted by Crippen LogP contribution is -1.95. The summed E-state index contributed by atoms with van der Waals surface area (Å²) in [5, 5.41) is 0. The summed E-state index contributed by atoms with van der Waals surface area (Å²) < 4.78 is 0.936. The molecular weight excluding hydrogens is 327 g/mol. The van der Waals surface area contributed by atoms with E-state index in [1.807, 2.05) is 31.2 Å². The molecule has 4 heteroatoms. The van der Waals surface area contributed by atoms with Crippen LogP contribution in [-0.2, 0) is 0 Å². The van der Waals surface area contributed by atoms with Crippen LogP contribution in [0.2, 0.25) is 0 Å². The number of Topliss-reactive ketones (excluding diaryl/α,β-unsaturated/α-hetero) is 1. The summed E-state index contributed by atoms with van der Waals surface area (Å²) in [7, 11) is 0. The Morgan fingerprint density at radius 2 is 2.00 bits per heavy atom. The molecule has 0 aliphatic rings. The average molecular weight is 340 g/mol. The van der Waals surface area contributed by atoms with Gasteiger partial charge in [0.15, 0.2) is 5.78 Å². The molecular formula is C13H13IN2O. The zero-order chi connectivity index (χ0) is 12.6. The molecule has 1 aromatic carbocycles. The molecule has 0 atom stereocenters. The Balaban J connectivity index is 2.66. The molecule has 0 fully saturated rings. The highest BCUT2D eigenvalue weighted by Gasteiger charge is 2.18. The van der Waals surface area contributed by atoms with E-state index in [2.05, 4.69) is 27.6 Å². The normalized spacial score (nSPS) is 10.5. The van der Waals surface area contributed by atoms with Gasteiger partial charge in [-0.15, -0.1) is 0 Å². The van der Waals surface area contributed by atoms with Crippen molar-refractivity contribution in [2.45, 2.75) is 13.8 Å². The summed E-state index contributed by atoms with van der Waals surface area (Å²) in [5.74, 6) is 0.0731. The van der Waals surface area contributed by atoms with Gasteiger partial charge in [0, 0.05) is 20.5 Å². The smallest absolute Gasteiger partial charge is 0.162 e. The van der Waals surface area contributed by atoms with Crippen LogP contribution in [-0.4, -0.2) is 10.8 Å². The molecule has 0 radical (unpaired) electrons. The minimum Gasteiger partial charge on any atom is -0.398 e. The maximum Gasteiger partial charge on any atom is 0.162 e. The number of carbonyl (C=O) groups excluding carboxylic acids is 1. The summed E-state index contributed by atoms with van der Waals surface area (Å²) in [6.07, 6.45) is 0. The SMILES string of the molecule is CC(=O)c1c(C)[nH]c(-c2ccccc2N)c1I. The molecule has 2 rings (SSSR count). The van der Waals surface area contributed by atoms with Gasteiger partial charge in [-0.3, -0.25) is 4.79 Å². The number of nitrogens with two attached hydrogens (primary N) is 1. The monoisotopic (exact) mass is 340 g/mol. The van der Waals surface area contributed by atoms with E-state index < -0.39 is 0 Å². The van der Waals surface area contributed by atoms with Crippen LogP contribution in [0.5, 0.6) is 0 Å². The van der Waals surface area contributed by atoms with Crippen LogP contribution in [0.25, 0.3) is 11.3 Å². The van der Waals surface area contributed by atoms with Crippen molar-refractivity contribution >= 4 is 34.1 Å². The van der Waals surface area contributed by atoms with Gasteiger partial charge in [0.25, 0.3) is 0 Å². The summed E-state index contributed by atoms with van der Waals surface area (Å²) in [6, 6.07) is 7.64. The average Bonchev–Trinajstić information content (AvgIpc) is 2.55. The van der Waals surface area contributed by atoms with Gasteiger partial charge in [0.1, 0.15) is 0 Å². The Morgan fingerprint density at radius 3 is 2.53 bits per heavy atom. The van der Waals surface area contributed by atoms with Gasteiger partial charge in [-0.25, -0.2) is 0 Å². The van der Waals surface area contributed by atoms with Crippen molar-refractivity contribution in [3.8, 4) is 11.3 Å². The number of rotatable bonds is 2. The molecule has 0 spiro atoms. The fourth-order valence-corrected chi connectivity index (χ4v) is 3.13. The van der Waals surface area contributed by atoms with Crippen molar-refractivity contribution in [1.29, 1.82) is 0 Å². The van der Waals surface area contributed by atoms with Crippen LogP contribution >= 0.6 is 22.6 Å². The van der Waals surface area contributed by atoms with E-state index in [4.69, 9.17) is 5.73 Å². The molecule has 0 saturated heterocycles. The summed E-state index contributed by atoms with van der Waals surface area (Å²) in [5.41, 5.74) is 10.2. The quantitative estimate of drug-likeness (QED) is 0.500. The molecule has 0 saturated carbocycles. The van der Waals surface area contributed by atoms with Crippen molar-refractivity contribution < 1.29 is 4.79 Å². The number of anilines is 1. The molecule has 0 unspecified atom stereocenters. The Hall–Kier alpha value is -1.30. The fraction of sp³-hybridized carbons (Fsp3) is 0.154. The molecule has 88 valence electrons. The number of para-hydroxylation sites is 1. The van der Waals surface area contributed by atoms with Crippen LogP contribution in [0.4, 0.5) is 5.69 Å². The van der Waals surface area contributed by atoms with E-state index in [9.17, 15) is 4.79 Å². The van der Waals surface area contributed by atoms with E-state index in [0.29, 0.717) is 5.69 Å². The predicted octanol–water partition coefficient (Wildman–Crippen LogP) is 3.38. The maximum absolute atomic E-state index is 11.6. The lowest BCUT2D eigenvalue weighted by Gasteiger charge is -2.03. The predicted molar refractivity (Wildman–Crippen MR) is 78.1 cm³/mol. The number of aryl methyl sites for hydroxylation is 1. The van der Waals surface area contributed by atoms with E-state index in [1.54, 1.807) is 6.92 Å². The number of hydrogen-bond donors (Lipinski definition) is 2. The second-order valence-corrected chi connectivity index (χ2v) is 5.04. The zero-order valence-corrected chi connectivity index (χ0v) is 11.8. The lowest BCUT2D eigenvalue weighted by molar-refractivity contribution is 0.101. The Kier molecular flexibility index (Phi) is 3.24. The van der Waals surface area contributed by atoms with Crippen LogP contribution in [0.3, 0.4) is 0 Å². The number of hydrogen-bond acceptors (Lipinski definition) is 2. The summed E-state index contributed by atoms with van der Waals surface area (Å²) >= 11 is 2.19. The largest absolute Gasteiger partial charge is 0.398 e. The van der Waals surface area contributed by atoms with Gasteiger partial charge in [-0.05, 0) is 42.5 Å². The second kappa shape index (κ2) is 4.52. The molecule has 3 N–H and O–H groups in total. The Labute approximate surface area is 114 Å². The second-order valence-electron chi connectivity index (χ2n) is 3.96. The highest BCUT2D eigenvalue weighted by molar-refractivity contribution is 14.1. The van der Waals surface area contributed by atoms with Gasteiger partial charge in [-0.2, -0.15) is 0 Å². The number of H-pyrrole nitrogens is 1. The summed E-state index contributed by atoms with van der Waals surface area (Å²) in [4.78, 5) is 14.8. The maximum atomic E-state index is 11.6. The topological polar surface area (TPSA) is 58.9 Å². The van der Waals surface area contributed by atoms with Gasteiger partial charge in [0.2, 0.25) is 0 Å². The van der Waals surface area contributed by atoms with Crippen LogP contribution in [0.15, 0.2) is 24.3 Å². The number of aromatic amines is 1. The standard InChI is InChI=1S/C13H13IN2O/c1-7-11(8(2)17)12(14)13(16-7)9-5-3-4-6-10(9)15/h3-6,16H,15H2,1-2H3. The van der Waals surface area contributed by atoms with Crippen molar-refractivity contribution in [2.24, 2.45) is 0 Å². The van der Waals surface area contributed by atoms with E-state index in [0.717, 1.165) is 26.1 Å². The first-order chi connectivity index (χ1) is 8.02. The molecule has 0 aliphatic heterocycles. The number of aromatic nitrogens is 1. The van der Waals surface area contributed by atoms with Crippen molar-refractivity contribution in [2.75, 3.05) is 5.73 Å². The van der Waals surface area contributed by atoms with Gasteiger partial charge in [-0.1, -0.05) is 18.2 Å². The van der Waals surface area contributed by atoms with Crippen molar-refractivity contribution in [3.63, 3.8) is 0 Å². The first-order valence-corrected chi connectivity index (χ1v) is 6.34. The third-order valence-corrected chi connectivity index (χ3v) is 3.79. The van der Waals surface area contributed by atoms with E-state index in [-0.39, 0.29) is 5.78 Å². The molecule has 2 aromatic rings. The first kappa shape index (κ1) is 12.2. The first-order valence-electron chi connectivity index (χ1n) is 5.26. The van der Waals surface area contributed by atoms with Crippen LogP contribution in [0, 0.1) is 10.5 Å². The molecule has 1 aromatic heterocycles.